The highest BCUT2D eigenvalue weighted by Crippen LogP contribution is 2.25. The van der Waals surface area contributed by atoms with Crippen molar-refractivity contribution in [2.75, 3.05) is 6.54 Å². The minimum absolute atomic E-state index is 0.367. The smallest absolute Gasteiger partial charge is 0.134 e. The van der Waals surface area contributed by atoms with Gasteiger partial charge in [-0.2, -0.15) is 0 Å². The molecule has 1 N–H and O–H groups in total. The predicted molar refractivity (Wildman–Crippen MR) is 93.3 cm³/mol. The molecule has 2 nitrogen and oxygen atoms in total. The van der Waals surface area contributed by atoms with Gasteiger partial charge in [-0.05, 0) is 57.2 Å². The molecule has 3 heteroatoms. The first kappa shape index (κ1) is 16.1. The van der Waals surface area contributed by atoms with Crippen LogP contribution in [0.15, 0.2) is 50.9 Å². The molecule has 0 bridgehead atoms. The second-order valence-electron chi connectivity index (χ2n) is 5.27. The van der Waals surface area contributed by atoms with Gasteiger partial charge in [0.05, 0.1) is 0 Å². The maximum atomic E-state index is 5.92. The number of hydrogen-bond acceptors (Lipinski definition) is 2. The van der Waals surface area contributed by atoms with Crippen molar-refractivity contribution in [3.8, 4) is 11.3 Å². The molecule has 2 rings (SSSR count). The predicted octanol–water partition coefficient (Wildman–Crippen LogP) is 5.50. The Morgan fingerprint density at radius 3 is 2.62 bits per heavy atom. The fraction of sp³-hybridized carbons (Fsp3) is 0.333. The molecule has 1 aromatic heterocycles. The molecule has 0 aliphatic rings. The molecule has 1 atom stereocenters. The van der Waals surface area contributed by atoms with Crippen LogP contribution in [0.25, 0.3) is 17.4 Å². The topological polar surface area (TPSA) is 25.2 Å². The Balaban J connectivity index is 2.10. The molecule has 0 aliphatic carbocycles. The lowest BCUT2D eigenvalue weighted by Gasteiger charge is -2.13. The van der Waals surface area contributed by atoms with Gasteiger partial charge >= 0.3 is 0 Å². The SMILES string of the molecule is CCCNC(C)/C(C)=C/c1ccc(-c2ccc(Br)cc2)o1. The van der Waals surface area contributed by atoms with Crippen molar-refractivity contribution < 1.29 is 4.42 Å². The molecule has 112 valence electrons. The van der Waals surface area contributed by atoms with E-state index in [0.29, 0.717) is 6.04 Å². The van der Waals surface area contributed by atoms with Crippen molar-refractivity contribution in [3.63, 3.8) is 0 Å². The Morgan fingerprint density at radius 1 is 1.24 bits per heavy atom. The number of halogens is 1. The van der Waals surface area contributed by atoms with Crippen molar-refractivity contribution in [1.29, 1.82) is 0 Å². The van der Waals surface area contributed by atoms with Gasteiger partial charge in [0.2, 0.25) is 0 Å². The van der Waals surface area contributed by atoms with Crippen molar-refractivity contribution in [1.82, 2.24) is 5.32 Å². The summed E-state index contributed by atoms with van der Waals surface area (Å²) in [6, 6.07) is 12.6. The molecular weight excluding hydrogens is 326 g/mol. The molecule has 0 spiro atoms. The maximum Gasteiger partial charge on any atom is 0.134 e. The van der Waals surface area contributed by atoms with E-state index < -0.39 is 0 Å². The Hall–Kier alpha value is -1.32. The minimum Gasteiger partial charge on any atom is -0.457 e. The van der Waals surface area contributed by atoms with Crippen LogP contribution in [0.2, 0.25) is 0 Å². The number of furan rings is 1. The molecule has 0 aliphatic heterocycles. The van der Waals surface area contributed by atoms with Crippen LogP contribution in [0.3, 0.4) is 0 Å². The average Bonchev–Trinajstić information content (AvgIpc) is 2.93. The normalized spacial score (nSPS) is 13.4. The number of rotatable bonds is 6. The van der Waals surface area contributed by atoms with Gasteiger partial charge in [0.1, 0.15) is 11.5 Å². The van der Waals surface area contributed by atoms with Crippen LogP contribution in [-0.4, -0.2) is 12.6 Å². The fourth-order valence-corrected chi connectivity index (χ4v) is 2.34. The zero-order chi connectivity index (χ0) is 15.2. The summed E-state index contributed by atoms with van der Waals surface area (Å²) < 4.78 is 6.99. The second kappa shape index (κ2) is 7.62. The Kier molecular flexibility index (Phi) is 5.83. The molecule has 2 aromatic rings. The van der Waals surface area contributed by atoms with Crippen LogP contribution in [0.4, 0.5) is 0 Å². The van der Waals surface area contributed by atoms with E-state index >= 15 is 0 Å². The number of benzene rings is 1. The lowest BCUT2D eigenvalue weighted by Crippen LogP contribution is -2.27. The second-order valence-corrected chi connectivity index (χ2v) is 6.19. The first-order valence-electron chi connectivity index (χ1n) is 7.37. The lowest BCUT2D eigenvalue weighted by molar-refractivity contribution is 0.567. The summed E-state index contributed by atoms with van der Waals surface area (Å²) in [6.07, 6.45) is 3.25. The first-order chi connectivity index (χ1) is 10.1. The molecular formula is C18H22BrNO. The summed E-state index contributed by atoms with van der Waals surface area (Å²) in [4.78, 5) is 0. The first-order valence-corrected chi connectivity index (χ1v) is 8.16. The van der Waals surface area contributed by atoms with Crippen molar-refractivity contribution in [2.45, 2.75) is 33.2 Å². The lowest BCUT2D eigenvalue weighted by atomic mass is 10.1. The minimum atomic E-state index is 0.367. The molecule has 0 radical (unpaired) electrons. The van der Waals surface area contributed by atoms with Gasteiger partial charge in [-0.3, -0.25) is 0 Å². The van der Waals surface area contributed by atoms with E-state index in [9.17, 15) is 0 Å². The highest BCUT2D eigenvalue weighted by atomic mass is 79.9. The van der Waals surface area contributed by atoms with E-state index in [1.54, 1.807) is 0 Å². The number of hydrogen-bond donors (Lipinski definition) is 1. The van der Waals surface area contributed by atoms with E-state index in [1.165, 1.54) is 5.57 Å². The van der Waals surface area contributed by atoms with E-state index in [2.05, 4.69) is 60.2 Å². The van der Waals surface area contributed by atoms with E-state index in [-0.39, 0.29) is 0 Å². The molecule has 1 aromatic carbocycles. The largest absolute Gasteiger partial charge is 0.457 e. The van der Waals surface area contributed by atoms with Crippen molar-refractivity contribution >= 4 is 22.0 Å². The van der Waals surface area contributed by atoms with Gasteiger partial charge in [0.15, 0.2) is 0 Å². The maximum absolute atomic E-state index is 5.92. The average molecular weight is 348 g/mol. The Bertz CT molecular complexity index is 598. The molecule has 0 fully saturated rings. The zero-order valence-electron chi connectivity index (χ0n) is 12.8. The molecule has 0 saturated carbocycles. The van der Waals surface area contributed by atoms with Crippen LogP contribution in [-0.2, 0) is 0 Å². The van der Waals surface area contributed by atoms with Gasteiger partial charge in [-0.25, -0.2) is 0 Å². The summed E-state index contributed by atoms with van der Waals surface area (Å²) >= 11 is 3.45. The third-order valence-corrected chi connectivity index (χ3v) is 4.04. The third-order valence-electron chi connectivity index (χ3n) is 3.51. The summed E-state index contributed by atoms with van der Waals surface area (Å²) in [6.45, 7) is 7.53. The molecule has 0 amide bonds. The van der Waals surface area contributed by atoms with Crippen LogP contribution >= 0.6 is 15.9 Å². The summed E-state index contributed by atoms with van der Waals surface area (Å²) in [5.74, 6) is 1.80. The van der Waals surface area contributed by atoms with Crippen LogP contribution < -0.4 is 5.32 Å². The fourth-order valence-electron chi connectivity index (χ4n) is 2.07. The van der Waals surface area contributed by atoms with Gasteiger partial charge in [-0.1, -0.05) is 40.6 Å². The summed E-state index contributed by atoms with van der Waals surface area (Å²) in [5, 5.41) is 3.48. The van der Waals surface area contributed by atoms with Crippen LogP contribution in [0.1, 0.15) is 33.0 Å². The summed E-state index contributed by atoms with van der Waals surface area (Å²) in [5.41, 5.74) is 2.37. The van der Waals surface area contributed by atoms with Gasteiger partial charge in [0.25, 0.3) is 0 Å². The monoisotopic (exact) mass is 347 g/mol. The molecule has 1 heterocycles. The molecule has 0 saturated heterocycles. The quantitative estimate of drug-likeness (QED) is 0.746. The van der Waals surface area contributed by atoms with Gasteiger partial charge < -0.3 is 9.73 Å². The van der Waals surface area contributed by atoms with E-state index in [0.717, 1.165) is 34.5 Å². The summed E-state index contributed by atoms with van der Waals surface area (Å²) in [7, 11) is 0. The van der Waals surface area contributed by atoms with Crippen molar-refractivity contribution in [2.24, 2.45) is 0 Å². The highest BCUT2D eigenvalue weighted by molar-refractivity contribution is 9.10. The van der Waals surface area contributed by atoms with Crippen LogP contribution in [0.5, 0.6) is 0 Å². The van der Waals surface area contributed by atoms with Crippen LogP contribution in [0, 0.1) is 0 Å². The molecule has 21 heavy (non-hydrogen) atoms. The molecule has 1 unspecified atom stereocenters. The van der Waals surface area contributed by atoms with Crippen molar-refractivity contribution in [3.05, 3.63) is 52.2 Å². The van der Waals surface area contributed by atoms with Gasteiger partial charge in [0, 0.05) is 16.1 Å². The third kappa shape index (κ3) is 4.58. The highest BCUT2D eigenvalue weighted by Gasteiger charge is 2.06. The van der Waals surface area contributed by atoms with E-state index in [4.69, 9.17) is 4.42 Å². The van der Waals surface area contributed by atoms with Gasteiger partial charge in [-0.15, -0.1) is 0 Å². The van der Waals surface area contributed by atoms with E-state index in [1.807, 2.05) is 24.3 Å². The standard InChI is InChI=1S/C18H22BrNO/c1-4-11-20-14(3)13(2)12-17-9-10-18(21-17)15-5-7-16(19)8-6-15/h5-10,12,14,20H,4,11H2,1-3H3/b13-12+. The Labute approximate surface area is 135 Å². The zero-order valence-corrected chi connectivity index (χ0v) is 14.4. The number of nitrogens with one attached hydrogen (secondary N) is 1. The Morgan fingerprint density at radius 2 is 1.95 bits per heavy atom.